The van der Waals surface area contributed by atoms with Crippen LogP contribution in [0.1, 0.15) is 10.4 Å². The summed E-state index contributed by atoms with van der Waals surface area (Å²) in [7, 11) is 1.86. The molecule has 94 valence electrons. The predicted octanol–water partition coefficient (Wildman–Crippen LogP) is 0.776. The summed E-state index contributed by atoms with van der Waals surface area (Å²) in [4.78, 5) is 11.8. The van der Waals surface area contributed by atoms with Crippen LogP contribution in [0, 0.1) is 0 Å². The summed E-state index contributed by atoms with van der Waals surface area (Å²) in [5.41, 5.74) is 7.95. The molecule has 1 amide bonds. The van der Waals surface area contributed by atoms with Crippen LogP contribution in [-0.4, -0.2) is 28.8 Å². The molecule has 1 aromatic heterocycles. The van der Waals surface area contributed by atoms with Crippen LogP contribution < -0.4 is 11.1 Å². The van der Waals surface area contributed by atoms with Gasteiger partial charge in [0.25, 0.3) is 5.91 Å². The standard InChI is InChI=1S/C13H16N4O/c1-17-9-12(8-16-17)10-3-2-4-11(7-10)13(18)15-6-5-14/h2-4,7-9H,5-6,14H2,1H3,(H,15,18). The number of nitrogens with two attached hydrogens (primary N) is 1. The fourth-order valence-corrected chi connectivity index (χ4v) is 1.70. The van der Waals surface area contributed by atoms with Crippen molar-refractivity contribution in [1.82, 2.24) is 15.1 Å². The molecule has 2 aromatic rings. The van der Waals surface area contributed by atoms with E-state index in [-0.39, 0.29) is 5.91 Å². The molecule has 0 aliphatic rings. The fraction of sp³-hybridized carbons (Fsp3) is 0.231. The molecule has 0 unspecified atom stereocenters. The lowest BCUT2D eigenvalue weighted by Gasteiger charge is -2.05. The number of hydrogen-bond acceptors (Lipinski definition) is 3. The van der Waals surface area contributed by atoms with Crippen LogP contribution in [0.25, 0.3) is 11.1 Å². The van der Waals surface area contributed by atoms with Gasteiger partial charge in [0.2, 0.25) is 0 Å². The summed E-state index contributed by atoms with van der Waals surface area (Å²) in [6.45, 7) is 0.921. The first-order valence-electron chi connectivity index (χ1n) is 5.78. The van der Waals surface area contributed by atoms with Crippen molar-refractivity contribution >= 4 is 5.91 Å². The number of aryl methyl sites for hydroxylation is 1. The number of carbonyl (C=O) groups excluding carboxylic acids is 1. The number of hydrogen-bond donors (Lipinski definition) is 2. The van der Waals surface area contributed by atoms with Crippen LogP contribution in [0.15, 0.2) is 36.7 Å². The molecule has 5 nitrogen and oxygen atoms in total. The number of nitrogens with zero attached hydrogens (tertiary/aromatic N) is 2. The van der Waals surface area contributed by atoms with Crippen molar-refractivity contribution < 1.29 is 4.79 Å². The summed E-state index contributed by atoms with van der Waals surface area (Å²) in [6.07, 6.45) is 3.69. The predicted molar refractivity (Wildman–Crippen MR) is 70.0 cm³/mol. The van der Waals surface area contributed by atoms with Crippen molar-refractivity contribution in [2.45, 2.75) is 0 Å². The lowest BCUT2D eigenvalue weighted by molar-refractivity contribution is 0.0955. The van der Waals surface area contributed by atoms with Gasteiger partial charge in [0.15, 0.2) is 0 Å². The minimum absolute atomic E-state index is 0.105. The Hall–Kier alpha value is -2.14. The van der Waals surface area contributed by atoms with Gasteiger partial charge >= 0.3 is 0 Å². The molecule has 3 N–H and O–H groups in total. The van der Waals surface area contributed by atoms with Crippen LogP contribution >= 0.6 is 0 Å². The second-order valence-electron chi connectivity index (χ2n) is 4.03. The molecule has 0 aliphatic carbocycles. The zero-order valence-corrected chi connectivity index (χ0v) is 10.3. The number of rotatable bonds is 4. The Bertz CT molecular complexity index is 547. The maximum atomic E-state index is 11.8. The number of amides is 1. The van der Waals surface area contributed by atoms with Gasteiger partial charge in [0.1, 0.15) is 0 Å². The first-order valence-corrected chi connectivity index (χ1v) is 5.78. The summed E-state index contributed by atoms with van der Waals surface area (Å²) in [6, 6.07) is 7.45. The van der Waals surface area contributed by atoms with E-state index in [2.05, 4.69) is 10.4 Å². The normalized spacial score (nSPS) is 10.3. The average Bonchev–Trinajstić information content (AvgIpc) is 2.83. The Labute approximate surface area is 106 Å². The van der Waals surface area contributed by atoms with E-state index >= 15 is 0 Å². The van der Waals surface area contributed by atoms with Crippen molar-refractivity contribution in [3.05, 3.63) is 42.2 Å². The maximum Gasteiger partial charge on any atom is 0.251 e. The Morgan fingerprint density at radius 2 is 2.28 bits per heavy atom. The highest BCUT2D eigenvalue weighted by atomic mass is 16.1. The summed E-state index contributed by atoms with van der Waals surface area (Å²) in [5.74, 6) is -0.105. The Morgan fingerprint density at radius 3 is 2.94 bits per heavy atom. The molecule has 0 atom stereocenters. The van der Waals surface area contributed by atoms with E-state index < -0.39 is 0 Å². The largest absolute Gasteiger partial charge is 0.351 e. The van der Waals surface area contributed by atoms with Gasteiger partial charge in [-0.15, -0.1) is 0 Å². The molecular weight excluding hydrogens is 228 g/mol. The monoisotopic (exact) mass is 244 g/mol. The van der Waals surface area contributed by atoms with Gasteiger partial charge in [0.05, 0.1) is 6.20 Å². The van der Waals surface area contributed by atoms with E-state index in [4.69, 9.17) is 5.73 Å². The fourth-order valence-electron chi connectivity index (χ4n) is 1.70. The average molecular weight is 244 g/mol. The highest BCUT2D eigenvalue weighted by Gasteiger charge is 2.07. The highest BCUT2D eigenvalue weighted by Crippen LogP contribution is 2.19. The zero-order chi connectivity index (χ0) is 13.0. The van der Waals surface area contributed by atoms with Gasteiger partial charge in [-0.2, -0.15) is 5.10 Å². The molecule has 2 rings (SSSR count). The van der Waals surface area contributed by atoms with Gasteiger partial charge < -0.3 is 11.1 Å². The first-order chi connectivity index (χ1) is 8.70. The summed E-state index contributed by atoms with van der Waals surface area (Å²) >= 11 is 0. The number of benzene rings is 1. The Balaban J connectivity index is 2.22. The van der Waals surface area contributed by atoms with E-state index in [1.165, 1.54) is 0 Å². The molecule has 5 heteroatoms. The van der Waals surface area contributed by atoms with Gasteiger partial charge in [-0.05, 0) is 17.7 Å². The lowest BCUT2D eigenvalue weighted by atomic mass is 10.1. The van der Waals surface area contributed by atoms with Crippen LogP contribution in [0.4, 0.5) is 0 Å². The Morgan fingerprint density at radius 1 is 1.44 bits per heavy atom. The van der Waals surface area contributed by atoms with Crippen LogP contribution in [0.2, 0.25) is 0 Å². The van der Waals surface area contributed by atoms with Crippen molar-refractivity contribution in [3.63, 3.8) is 0 Å². The van der Waals surface area contributed by atoms with E-state index in [1.54, 1.807) is 16.9 Å². The number of nitrogens with one attached hydrogen (secondary N) is 1. The maximum absolute atomic E-state index is 11.8. The molecule has 0 spiro atoms. The number of aromatic nitrogens is 2. The smallest absolute Gasteiger partial charge is 0.251 e. The van der Waals surface area contributed by atoms with E-state index in [0.717, 1.165) is 11.1 Å². The van der Waals surface area contributed by atoms with Crippen molar-refractivity contribution in [3.8, 4) is 11.1 Å². The molecule has 0 radical (unpaired) electrons. The lowest BCUT2D eigenvalue weighted by Crippen LogP contribution is -2.28. The minimum atomic E-state index is -0.105. The van der Waals surface area contributed by atoms with Gasteiger partial charge in [0, 0.05) is 37.5 Å². The molecule has 1 aromatic carbocycles. The molecule has 0 saturated carbocycles. The van der Waals surface area contributed by atoms with E-state index in [9.17, 15) is 4.79 Å². The summed E-state index contributed by atoms with van der Waals surface area (Å²) < 4.78 is 1.73. The highest BCUT2D eigenvalue weighted by molar-refractivity contribution is 5.95. The quantitative estimate of drug-likeness (QED) is 0.834. The van der Waals surface area contributed by atoms with Crippen molar-refractivity contribution in [2.24, 2.45) is 12.8 Å². The van der Waals surface area contributed by atoms with Crippen LogP contribution in [0.3, 0.4) is 0 Å². The van der Waals surface area contributed by atoms with Gasteiger partial charge in [-0.3, -0.25) is 9.48 Å². The van der Waals surface area contributed by atoms with Crippen molar-refractivity contribution in [2.75, 3.05) is 13.1 Å². The molecule has 1 heterocycles. The third-order valence-corrected chi connectivity index (χ3v) is 2.59. The van der Waals surface area contributed by atoms with Gasteiger partial charge in [-0.25, -0.2) is 0 Å². The third-order valence-electron chi connectivity index (χ3n) is 2.59. The topological polar surface area (TPSA) is 72.9 Å². The third kappa shape index (κ3) is 2.75. The molecule has 0 bridgehead atoms. The van der Waals surface area contributed by atoms with E-state index in [1.807, 2.05) is 31.4 Å². The van der Waals surface area contributed by atoms with Crippen LogP contribution in [0.5, 0.6) is 0 Å². The Kier molecular flexibility index (Phi) is 3.74. The van der Waals surface area contributed by atoms with Crippen molar-refractivity contribution in [1.29, 1.82) is 0 Å². The van der Waals surface area contributed by atoms with Gasteiger partial charge in [-0.1, -0.05) is 12.1 Å². The molecule has 0 aliphatic heterocycles. The van der Waals surface area contributed by atoms with Crippen LogP contribution in [-0.2, 0) is 7.05 Å². The molecular formula is C13H16N4O. The molecule has 0 fully saturated rings. The molecule has 18 heavy (non-hydrogen) atoms. The van der Waals surface area contributed by atoms with E-state index in [0.29, 0.717) is 18.7 Å². The molecule has 0 saturated heterocycles. The number of carbonyl (C=O) groups is 1. The zero-order valence-electron chi connectivity index (χ0n) is 10.3. The SMILES string of the molecule is Cn1cc(-c2cccc(C(=O)NCCN)c2)cn1. The first kappa shape index (κ1) is 12.3. The summed E-state index contributed by atoms with van der Waals surface area (Å²) in [5, 5.41) is 6.86. The minimum Gasteiger partial charge on any atom is -0.351 e. The second kappa shape index (κ2) is 5.46. The second-order valence-corrected chi connectivity index (χ2v) is 4.03.